The van der Waals surface area contributed by atoms with Crippen LogP contribution < -0.4 is 9.47 Å². The fraction of sp³-hybridized carbons (Fsp3) is 0.520. The van der Waals surface area contributed by atoms with Gasteiger partial charge in [-0.2, -0.15) is 0 Å². The van der Waals surface area contributed by atoms with Crippen LogP contribution in [0.4, 0.5) is 4.79 Å². The van der Waals surface area contributed by atoms with Crippen molar-refractivity contribution in [3.63, 3.8) is 0 Å². The van der Waals surface area contributed by atoms with Crippen molar-refractivity contribution >= 4 is 12.0 Å². The molecular formula is C25H33N3O5. The fourth-order valence-corrected chi connectivity index (χ4v) is 4.30. The third kappa shape index (κ3) is 5.26. The van der Waals surface area contributed by atoms with E-state index in [4.69, 9.17) is 14.2 Å². The van der Waals surface area contributed by atoms with Gasteiger partial charge in [0.25, 0.3) is 5.91 Å². The number of rotatable bonds is 5. The van der Waals surface area contributed by atoms with Crippen molar-refractivity contribution in [3.8, 4) is 11.5 Å². The summed E-state index contributed by atoms with van der Waals surface area (Å²) < 4.78 is 18.4. The molecule has 2 aliphatic rings. The molecule has 0 aliphatic carbocycles. The number of carbonyl (C=O) groups is 2. The predicted molar refractivity (Wildman–Crippen MR) is 123 cm³/mol. The molecule has 8 heteroatoms. The van der Waals surface area contributed by atoms with Crippen LogP contribution in [0.5, 0.6) is 11.5 Å². The summed E-state index contributed by atoms with van der Waals surface area (Å²) in [5, 5.41) is 0. The SMILES string of the molecule is CCN(Cc1ccc2c(c1)OCO2)C(=O)c1cccn1C1CCN(C(=O)OC(C)(C)C)CC1. The summed E-state index contributed by atoms with van der Waals surface area (Å²) in [6, 6.07) is 9.75. The van der Waals surface area contributed by atoms with E-state index in [-0.39, 0.29) is 24.8 Å². The molecule has 8 nitrogen and oxygen atoms in total. The van der Waals surface area contributed by atoms with Crippen LogP contribution in [0.15, 0.2) is 36.5 Å². The number of carbonyl (C=O) groups excluding carboxylic acids is 2. The van der Waals surface area contributed by atoms with Crippen molar-refractivity contribution in [1.82, 2.24) is 14.4 Å². The minimum atomic E-state index is -0.504. The molecule has 33 heavy (non-hydrogen) atoms. The molecule has 1 saturated heterocycles. The highest BCUT2D eigenvalue weighted by atomic mass is 16.7. The van der Waals surface area contributed by atoms with E-state index in [1.54, 1.807) is 4.90 Å². The van der Waals surface area contributed by atoms with E-state index in [0.29, 0.717) is 31.9 Å². The third-order valence-electron chi connectivity index (χ3n) is 5.99. The molecule has 0 radical (unpaired) electrons. The van der Waals surface area contributed by atoms with Crippen molar-refractivity contribution in [1.29, 1.82) is 0 Å². The average molecular weight is 456 g/mol. The van der Waals surface area contributed by atoms with Crippen LogP contribution >= 0.6 is 0 Å². The molecule has 0 unspecified atom stereocenters. The molecular weight excluding hydrogens is 422 g/mol. The van der Waals surface area contributed by atoms with Crippen molar-refractivity contribution in [2.45, 2.75) is 58.7 Å². The maximum atomic E-state index is 13.4. The smallest absolute Gasteiger partial charge is 0.410 e. The number of hydrogen-bond donors (Lipinski definition) is 0. The van der Waals surface area contributed by atoms with Gasteiger partial charge < -0.3 is 28.6 Å². The van der Waals surface area contributed by atoms with E-state index < -0.39 is 5.60 Å². The van der Waals surface area contributed by atoms with Gasteiger partial charge in [0.15, 0.2) is 11.5 Å². The minimum absolute atomic E-state index is 0.00487. The predicted octanol–water partition coefficient (Wildman–Crippen LogP) is 4.45. The number of amides is 2. The molecule has 0 N–H and O–H groups in total. The van der Waals surface area contributed by atoms with Gasteiger partial charge in [-0.05, 0) is 70.4 Å². The molecule has 0 spiro atoms. The lowest BCUT2D eigenvalue weighted by atomic mass is 10.0. The minimum Gasteiger partial charge on any atom is -0.454 e. The van der Waals surface area contributed by atoms with Crippen molar-refractivity contribution in [2.24, 2.45) is 0 Å². The molecule has 1 aromatic carbocycles. The van der Waals surface area contributed by atoms with Gasteiger partial charge in [0.2, 0.25) is 6.79 Å². The van der Waals surface area contributed by atoms with Gasteiger partial charge in [-0.3, -0.25) is 4.79 Å². The Labute approximate surface area is 195 Å². The van der Waals surface area contributed by atoms with E-state index in [9.17, 15) is 9.59 Å². The lowest BCUT2D eigenvalue weighted by Crippen LogP contribution is -2.42. The highest BCUT2D eigenvalue weighted by Crippen LogP contribution is 2.33. The Morgan fingerprint density at radius 1 is 1.12 bits per heavy atom. The van der Waals surface area contributed by atoms with Gasteiger partial charge in [0.05, 0.1) is 0 Å². The molecule has 1 fully saturated rings. The quantitative estimate of drug-likeness (QED) is 0.666. The Hall–Kier alpha value is -3.16. The number of piperidine rings is 1. The molecule has 2 amide bonds. The topological polar surface area (TPSA) is 73.2 Å². The normalized spacial score (nSPS) is 16.1. The molecule has 0 saturated carbocycles. The van der Waals surface area contributed by atoms with Crippen LogP contribution in [-0.2, 0) is 11.3 Å². The number of aromatic nitrogens is 1. The zero-order valence-corrected chi connectivity index (χ0v) is 19.9. The summed E-state index contributed by atoms with van der Waals surface area (Å²) >= 11 is 0. The molecule has 2 aliphatic heterocycles. The zero-order chi connectivity index (χ0) is 23.6. The summed E-state index contributed by atoms with van der Waals surface area (Å²) in [6.07, 6.45) is 3.26. The van der Waals surface area contributed by atoms with Crippen LogP contribution in [0.3, 0.4) is 0 Å². The Kier molecular flexibility index (Phi) is 6.54. The van der Waals surface area contributed by atoms with E-state index >= 15 is 0 Å². The Balaban J connectivity index is 1.41. The van der Waals surface area contributed by atoms with Crippen molar-refractivity contribution < 1.29 is 23.8 Å². The molecule has 178 valence electrons. The highest BCUT2D eigenvalue weighted by Gasteiger charge is 2.29. The number of nitrogens with zero attached hydrogens (tertiary/aromatic N) is 3. The molecule has 4 rings (SSSR count). The highest BCUT2D eigenvalue weighted by molar-refractivity contribution is 5.92. The first kappa shape index (κ1) is 23.0. The molecule has 0 atom stereocenters. The first-order valence-corrected chi connectivity index (χ1v) is 11.6. The number of hydrogen-bond acceptors (Lipinski definition) is 5. The number of ether oxygens (including phenoxy) is 3. The first-order chi connectivity index (χ1) is 15.7. The molecule has 2 aromatic rings. The van der Waals surface area contributed by atoms with Crippen molar-refractivity contribution in [2.75, 3.05) is 26.4 Å². The number of fused-ring (bicyclic) bond motifs is 1. The van der Waals surface area contributed by atoms with E-state index in [1.807, 2.05) is 69.1 Å². The van der Waals surface area contributed by atoms with E-state index in [1.165, 1.54) is 0 Å². The largest absolute Gasteiger partial charge is 0.454 e. The van der Waals surface area contributed by atoms with E-state index in [2.05, 4.69) is 4.57 Å². The first-order valence-electron chi connectivity index (χ1n) is 11.6. The van der Waals surface area contributed by atoms with Crippen LogP contribution in [0.2, 0.25) is 0 Å². The van der Waals surface area contributed by atoms with Crippen molar-refractivity contribution in [3.05, 3.63) is 47.8 Å². The summed E-state index contributed by atoms with van der Waals surface area (Å²) in [4.78, 5) is 29.4. The van der Waals surface area contributed by atoms with E-state index in [0.717, 1.165) is 29.9 Å². The Bertz CT molecular complexity index is 1000. The maximum absolute atomic E-state index is 13.4. The fourth-order valence-electron chi connectivity index (χ4n) is 4.30. The second kappa shape index (κ2) is 9.37. The number of benzene rings is 1. The monoisotopic (exact) mass is 455 g/mol. The molecule has 3 heterocycles. The molecule has 0 bridgehead atoms. The van der Waals surface area contributed by atoms with Gasteiger partial charge in [-0.15, -0.1) is 0 Å². The lowest BCUT2D eigenvalue weighted by molar-refractivity contribution is 0.0186. The second-order valence-corrected chi connectivity index (χ2v) is 9.51. The van der Waals surface area contributed by atoms with Crippen LogP contribution in [-0.4, -0.2) is 58.4 Å². The Morgan fingerprint density at radius 3 is 2.55 bits per heavy atom. The number of likely N-dealkylation sites (tertiary alicyclic amines) is 1. The maximum Gasteiger partial charge on any atom is 0.410 e. The standard InChI is InChI=1S/C25H33N3O5/c1-5-26(16-18-8-9-21-22(15-18)32-17-31-21)23(29)20-7-6-12-28(20)19-10-13-27(14-11-19)24(30)33-25(2,3)4/h6-9,12,15,19H,5,10-11,13-14,16-17H2,1-4H3. The lowest BCUT2D eigenvalue weighted by Gasteiger charge is -2.35. The van der Waals surface area contributed by atoms with Gasteiger partial charge in [0.1, 0.15) is 11.3 Å². The van der Waals surface area contributed by atoms with Gasteiger partial charge in [-0.25, -0.2) is 4.79 Å². The van der Waals surface area contributed by atoms with Crippen LogP contribution in [0.25, 0.3) is 0 Å². The summed E-state index contributed by atoms with van der Waals surface area (Å²) in [6.45, 7) is 10.1. The van der Waals surface area contributed by atoms with Crippen LogP contribution in [0.1, 0.15) is 62.6 Å². The molecule has 1 aromatic heterocycles. The van der Waals surface area contributed by atoms with Gasteiger partial charge in [0, 0.05) is 38.4 Å². The summed E-state index contributed by atoms with van der Waals surface area (Å²) in [7, 11) is 0. The Morgan fingerprint density at radius 2 is 1.85 bits per heavy atom. The van der Waals surface area contributed by atoms with Gasteiger partial charge >= 0.3 is 6.09 Å². The summed E-state index contributed by atoms with van der Waals surface area (Å²) in [5.41, 5.74) is 1.17. The average Bonchev–Trinajstić information content (AvgIpc) is 3.45. The van der Waals surface area contributed by atoms with Crippen LogP contribution in [0, 0.1) is 0 Å². The van der Waals surface area contributed by atoms with Gasteiger partial charge in [-0.1, -0.05) is 6.07 Å². The summed E-state index contributed by atoms with van der Waals surface area (Å²) in [5.74, 6) is 1.45. The zero-order valence-electron chi connectivity index (χ0n) is 19.9. The second-order valence-electron chi connectivity index (χ2n) is 9.51. The third-order valence-corrected chi connectivity index (χ3v) is 5.99.